The summed E-state index contributed by atoms with van der Waals surface area (Å²) in [7, 11) is 0. The van der Waals surface area contributed by atoms with Crippen molar-refractivity contribution in [3.05, 3.63) is 48.0 Å². The predicted octanol–water partition coefficient (Wildman–Crippen LogP) is 2.80. The van der Waals surface area contributed by atoms with Gasteiger partial charge < -0.3 is 4.57 Å². The second-order valence-electron chi connectivity index (χ2n) is 3.70. The molecule has 1 aromatic carbocycles. The lowest BCUT2D eigenvalue weighted by molar-refractivity contribution is 0.112. The lowest BCUT2D eigenvalue weighted by Crippen LogP contribution is -2.01. The Bertz CT molecular complexity index is 490. The van der Waals surface area contributed by atoms with E-state index in [1.165, 1.54) is 4.90 Å². The zero-order chi connectivity index (χ0) is 12.1. The van der Waals surface area contributed by atoms with Crippen LogP contribution in [0.4, 0.5) is 0 Å². The van der Waals surface area contributed by atoms with Gasteiger partial charge >= 0.3 is 0 Å². The van der Waals surface area contributed by atoms with E-state index in [0.29, 0.717) is 0 Å². The summed E-state index contributed by atoms with van der Waals surface area (Å²) in [5, 5.41) is 0. The molecule has 0 saturated carbocycles. The fourth-order valence-corrected chi connectivity index (χ4v) is 2.40. The van der Waals surface area contributed by atoms with Crippen LogP contribution in [0.2, 0.25) is 0 Å². The largest absolute Gasteiger partial charge is 0.334 e. The summed E-state index contributed by atoms with van der Waals surface area (Å²) in [5.41, 5.74) is 0.722. The van der Waals surface area contributed by atoms with Crippen molar-refractivity contribution in [2.24, 2.45) is 0 Å². The summed E-state index contributed by atoms with van der Waals surface area (Å²) < 4.78 is 2.13. The number of aldehydes is 1. The maximum Gasteiger partial charge on any atom is 0.150 e. The smallest absolute Gasteiger partial charge is 0.150 e. The maximum absolute atomic E-state index is 10.5. The zero-order valence-corrected chi connectivity index (χ0v) is 10.5. The molecule has 3 nitrogen and oxygen atoms in total. The quantitative estimate of drug-likeness (QED) is 0.601. The van der Waals surface area contributed by atoms with Crippen molar-refractivity contribution in [2.75, 3.05) is 5.75 Å². The molecule has 0 radical (unpaired) electrons. The molecule has 4 heteroatoms. The first kappa shape index (κ1) is 11.9. The molecule has 0 aliphatic carbocycles. The van der Waals surface area contributed by atoms with Crippen molar-refractivity contribution >= 4 is 18.0 Å². The van der Waals surface area contributed by atoms with Crippen LogP contribution < -0.4 is 0 Å². The van der Waals surface area contributed by atoms with Crippen LogP contribution in [0.15, 0.2) is 41.6 Å². The van der Waals surface area contributed by atoms with Crippen molar-refractivity contribution in [3.8, 4) is 0 Å². The first-order valence-corrected chi connectivity index (χ1v) is 6.44. The molecule has 2 rings (SSSR count). The number of hydrogen-bond acceptors (Lipinski definition) is 3. The number of carbonyl (C=O) groups is 1. The van der Waals surface area contributed by atoms with Gasteiger partial charge in [-0.25, -0.2) is 4.98 Å². The van der Waals surface area contributed by atoms with Crippen molar-refractivity contribution in [2.45, 2.75) is 18.4 Å². The number of aromatic nitrogens is 2. The first-order valence-electron chi connectivity index (χ1n) is 5.45. The van der Waals surface area contributed by atoms with Gasteiger partial charge in [0, 0.05) is 35.2 Å². The number of thioether (sulfide) groups is 1. The summed E-state index contributed by atoms with van der Waals surface area (Å²) in [6.45, 7) is 2.95. The molecule has 17 heavy (non-hydrogen) atoms. The Morgan fingerprint density at radius 1 is 1.35 bits per heavy atom. The third-order valence-corrected chi connectivity index (χ3v) is 3.53. The molecule has 0 atom stereocenters. The van der Waals surface area contributed by atoms with Gasteiger partial charge in [0.1, 0.15) is 12.1 Å². The zero-order valence-electron chi connectivity index (χ0n) is 9.67. The average Bonchev–Trinajstić information content (AvgIpc) is 2.76. The van der Waals surface area contributed by atoms with Crippen molar-refractivity contribution < 1.29 is 4.79 Å². The number of nitrogens with zero attached hydrogens (tertiary/aromatic N) is 2. The molecule has 0 N–H and O–H groups in total. The Morgan fingerprint density at radius 3 is 2.71 bits per heavy atom. The van der Waals surface area contributed by atoms with Crippen LogP contribution in [0.3, 0.4) is 0 Å². The maximum atomic E-state index is 10.5. The molecule has 2 aromatic rings. The molecule has 0 aliphatic rings. The van der Waals surface area contributed by atoms with E-state index in [1.54, 1.807) is 11.8 Å². The molecule has 0 saturated heterocycles. The molecule has 88 valence electrons. The lowest BCUT2D eigenvalue weighted by Gasteiger charge is -2.04. The van der Waals surface area contributed by atoms with E-state index in [2.05, 4.69) is 9.55 Å². The molecule has 0 bridgehead atoms. The van der Waals surface area contributed by atoms with Crippen LogP contribution in [-0.2, 0) is 6.54 Å². The first-order chi connectivity index (χ1) is 8.29. The standard InChI is InChI=1S/C13H14N2OS/c1-11-14-6-7-15(11)8-9-17-13-4-2-12(10-16)3-5-13/h2-7,10H,8-9H2,1H3. The van der Waals surface area contributed by atoms with Gasteiger partial charge in [0.05, 0.1) is 0 Å². The predicted molar refractivity (Wildman–Crippen MR) is 69.5 cm³/mol. The van der Waals surface area contributed by atoms with Gasteiger partial charge in [-0.15, -0.1) is 11.8 Å². The molecular formula is C13H14N2OS. The molecule has 0 aliphatic heterocycles. The summed E-state index contributed by atoms with van der Waals surface area (Å²) in [5.74, 6) is 2.04. The summed E-state index contributed by atoms with van der Waals surface area (Å²) in [6.07, 6.45) is 4.67. The highest BCUT2D eigenvalue weighted by Gasteiger charge is 1.98. The Morgan fingerprint density at radius 2 is 2.12 bits per heavy atom. The van der Waals surface area contributed by atoms with Crippen LogP contribution >= 0.6 is 11.8 Å². The van der Waals surface area contributed by atoms with Gasteiger partial charge in [0.25, 0.3) is 0 Å². The number of aryl methyl sites for hydroxylation is 2. The lowest BCUT2D eigenvalue weighted by atomic mass is 10.2. The summed E-state index contributed by atoms with van der Waals surface area (Å²) in [4.78, 5) is 15.9. The molecular weight excluding hydrogens is 232 g/mol. The molecule has 0 unspecified atom stereocenters. The molecule has 0 spiro atoms. The number of benzene rings is 1. The highest BCUT2D eigenvalue weighted by Crippen LogP contribution is 2.18. The van der Waals surface area contributed by atoms with Crippen molar-refractivity contribution in [3.63, 3.8) is 0 Å². The minimum Gasteiger partial charge on any atom is -0.334 e. The van der Waals surface area contributed by atoms with Crippen LogP contribution in [0.5, 0.6) is 0 Å². The van der Waals surface area contributed by atoms with Gasteiger partial charge in [-0.1, -0.05) is 12.1 Å². The van der Waals surface area contributed by atoms with Crippen LogP contribution in [0.1, 0.15) is 16.2 Å². The fourth-order valence-electron chi connectivity index (χ4n) is 1.54. The highest BCUT2D eigenvalue weighted by atomic mass is 32.2. The molecule has 1 aromatic heterocycles. The van der Waals surface area contributed by atoms with Gasteiger partial charge in [0.2, 0.25) is 0 Å². The third kappa shape index (κ3) is 3.20. The number of carbonyl (C=O) groups excluding carboxylic acids is 1. The van der Waals surface area contributed by atoms with Crippen LogP contribution in [0, 0.1) is 6.92 Å². The second kappa shape index (κ2) is 5.68. The topological polar surface area (TPSA) is 34.9 Å². The molecule has 0 fully saturated rings. The molecule has 0 amide bonds. The Labute approximate surface area is 105 Å². The minimum absolute atomic E-state index is 0.722. The van der Waals surface area contributed by atoms with Crippen LogP contribution in [-0.4, -0.2) is 21.6 Å². The number of imidazole rings is 1. The van der Waals surface area contributed by atoms with Gasteiger partial charge in [-0.2, -0.15) is 0 Å². The van der Waals surface area contributed by atoms with E-state index < -0.39 is 0 Å². The Hall–Kier alpha value is -1.55. The van der Waals surface area contributed by atoms with Crippen LogP contribution in [0.25, 0.3) is 0 Å². The Kier molecular flexibility index (Phi) is 3.98. The third-order valence-electron chi connectivity index (χ3n) is 2.54. The second-order valence-corrected chi connectivity index (χ2v) is 4.87. The van der Waals surface area contributed by atoms with E-state index in [4.69, 9.17) is 0 Å². The summed E-state index contributed by atoms with van der Waals surface area (Å²) >= 11 is 1.78. The van der Waals surface area contributed by atoms with E-state index in [0.717, 1.165) is 30.0 Å². The SMILES string of the molecule is Cc1nccn1CCSc1ccc(C=O)cc1. The van der Waals surface area contributed by atoms with Gasteiger partial charge in [-0.3, -0.25) is 4.79 Å². The van der Waals surface area contributed by atoms with E-state index >= 15 is 0 Å². The van der Waals surface area contributed by atoms with Crippen molar-refractivity contribution in [1.82, 2.24) is 9.55 Å². The normalized spacial score (nSPS) is 10.4. The monoisotopic (exact) mass is 246 g/mol. The minimum atomic E-state index is 0.722. The van der Waals surface area contributed by atoms with E-state index in [-0.39, 0.29) is 0 Å². The fraction of sp³-hybridized carbons (Fsp3) is 0.231. The highest BCUT2D eigenvalue weighted by molar-refractivity contribution is 7.99. The van der Waals surface area contributed by atoms with Gasteiger partial charge in [-0.05, 0) is 19.1 Å². The average molecular weight is 246 g/mol. The van der Waals surface area contributed by atoms with Crippen molar-refractivity contribution in [1.29, 1.82) is 0 Å². The van der Waals surface area contributed by atoms with E-state index in [9.17, 15) is 4.79 Å². The van der Waals surface area contributed by atoms with Gasteiger partial charge in [0.15, 0.2) is 0 Å². The molecule has 1 heterocycles. The summed E-state index contributed by atoms with van der Waals surface area (Å²) in [6, 6.07) is 7.65. The number of rotatable bonds is 5. The Balaban J connectivity index is 1.85. The number of hydrogen-bond donors (Lipinski definition) is 0. The van der Waals surface area contributed by atoms with E-state index in [1.807, 2.05) is 43.6 Å².